The summed E-state index contributed by atoms with van der Waals surface area (Å²) in [4.78, 5) is 26.2. The number of nitrogens with one attached hydrogen (secondary N) is 1. The monoisotopic (exact) mass is 473 g/mol. The summed E-state index contributed by atoms with van der Waals surface area (Å²) in [6.07, 6.45) is 0.678. The first-order chi connectivity index (χ1) is 15.9. The summed E-state index contributed by atoms with van der Waals surface area (Å²) in [5.41, 5.74) is 1.38. The van der Waals surface area contributed by atoms with Crippen LogP contribution in [0.2, 0.25) is 0 Å². The lowest BCUT2D eigenvalue weighted by atomic mass is 10.1. The molecule has 0 saturated carbocycles. The number of benzene rings is 1. The third-order valence-corrected chi connectivity index (χ3v) is 6.12. The molecule has 172 valence electrons. The predicted octanol–water partition coefficient (Wildman–Crippen LogP) is 4.71. The van der Waals surface area contributed by atoms with Gasteiger partial charge in [0.1, 0.15) is 5.82 Å². The Labute approximate surface area is 193 Å². The smallest absolute Gasteiger partial charge is 0.356 e. The van der Waals surface area contributed by atoms with Crippen molar-refractivity contribution in [1.29, 1.82) is 0 Å². The molecule has 10 heteroatoms. The molecule has 3 aromatic rings. The van der Waals surface area contributed by atoms with Crippen LogP contribution in [0.3, 0.4) is 0 Å². The van der Waals surface area contributed by atoms with Crippen molar-refractivity contribution in [3.63, 3.8) is 0 Å². The zero-order valence-electron chi connectivity index (χ0n) is 17.7. The number of alkyl halides is 3. The van der Waals surface area contributed by atoms with Crippen LogP contribution in [0.5, 0.6) is 0 Å². The van der Waals surface area contributed by atoms with Crippen LogP contribution in [0.25, 0.3) is 0 Å². The Morgan fingerprint density at radius 3 is 2.36 bits per heavy atom. The van der Waals surface area contributed by atoms with Gasteiger partial charge in [0.05, 0.1) is 0 Å². The molecular formula is C23H22F3N5OS. The number of aromatic nitrogens is 3. The molecule has 6 nitrogen and oxygen atoms in total. The van der Waals surface area contributed by atoms with E-state index < -0.39 is 11.9 Å². The standard InChI is InChI=1S/C23H22F3N5OS/c24-23(25,26)19-13-20(31-11-1-2-12-31)30-22(29-19)33-15-17-3-5-18(6-4-17)21(32)28-14-16-7-9-27-10-8-16/h3-10,13H,1-2,11-12,14-15H2,(H,28,32). The zero-order chi connectivity index (χ0) is 23.3. The molecule has 2 aromatic heterocycles. The maximum absolute atomic E-state index is 13.3. The Kier molecular flexibility index (Phi) is 7.12. The Balaban J connectivity index is 1.39. The zero-order valence-corrected chi connectivity index (χ0v) is 18.5. The first-order valence-electron chi connectivity index (χ1n) is 10.5. The highest BCUT2D eigenvalue weighted by Crippen LogP contribution is 2.33. The number of carbonyl (C=O) groups is 1. The fraction of sp³-hybridized carbons (Fsp3) is 0.304. The van der Waals surface area contributed by atoms with E-state index in [4.69, 9.17) is 0 Å². The first kappa shape index (κ1) is 23.0. The molecule has 0 spiro atoms. The molecule has 0 radical (unpaired) electrons. The van der Waals surface area contributed by atoms with Crippen LogP contribution >= 0.6 is 11.8 Å². The summed E-state index contributed by atoms with van der Waals surface area (Å²) in [5, 5.41) is 2.93. The first-order valence-corrected chi connectivity index (χ1v) is 11.5. The average molecular weight is 474 g/mol. The number of hydrogen-bond donors (Lipinski definition) is 1. The van der Waals surface area contributed by atoms with Crippen molar-refractivity contribution < 1.29 is 18.0 Å². The summed E-state index contributed by atoms with van der Waals surface area (Å²) >= 11 is 1.14. The minimum Gasteiger partial charge on any atom is -0.356 e. The molecule has 0 unspecified atom stereocenters. The van der Waals surface area contributed by atoms with E-state index in [0.29, 0.717) is 36.8 Å². The van der Waals surface area contributed by atoms with Gasteiger partial charge in [-0.3, -0.25) is 9.78 Å². The van der Waals surface area contributed by atoms with Gasteiger partial charge in [-0.1, -0.05) is 23.9 Å². The Hall–Kier alpha value is -3.14. The van der Waals surface area contributed by atoms with Gasteiger partial charge in [-0.25, -0.2) is 9.97 Å². The largest absolute Gasteiger partial charge is 0.433 e. The molecule has 3 heterocycles. The van der Waals surface area contributed by atoms with E-state index in [1.54, 1.807) is 36.7 Å². The highest BCUT2D eigenvalue weighted by atomic mass is 32.2. The number of thioether (sulfide) groups is 1. The van der Waals surface area contributed by atoms with Crippen LogP contribution in [0.1, 0.15) is 40.0 Å². The Morgan fingerprint density at radius 2 is 1.70 bits per heavy atom. The molecule has 1 aromatic carbocycles. The molecule has 1 aliphatic rings. The minimum absolute atomic E-state index is 0.0888. The number of pyridine rings is 1. The van der Waals surface area contributed by atoms with E-state index >= 15 is 0 Å². The number of anilines is 1. The molecule has 1 fully saturated rings. The van der Waals surface area contributed by atoms with Gasteiger partial charge in [0, 0.05) is 49.4 Å². The number of hydrogen-bond acceptors (Lipinski definition) is 6. The van der Waals surface area contributed by atoms with Crippen molar-refractivity contribution in [2.24, 2.45) is 0 Å². The molecule has 1 saturated heterocycles. The molecule has 4 rings (SSSR count). The van der Waals surface area contributed by atoms with Gasteiger partial charge in [-0.15, -0.1) is 0 Å². The van der Waals surface area contributed by atoms with Crippen LogP contribution in [-0.2, 0) is 18.5 Å². The molecule has 1 N–H and O–H groups in total. The van der Waals surface area contributed by atoms with E-state index in [0.717, 1.165) is 41.8 Å². The van der Waals surface area contributed by atoms with Gasteiger partial charge in [-0.05, 0) is 48.2 Å². The lowest BCUT2D eigenvalue weighted by Gasteiger charge is -2.18. The summed E-state index contributed by atoms with van der Waals surface area (Å²) in [6, 6.07) is 11.6. The Bertz CT molecular complexity index is 1090. The maximum Gasteiger partial charge on any atom is 0.433 e. The molecule has 33 heavy (non-hydrogen) atoms. The van der Waals surface area contributed by atoms with E-state index in [1.807, 2.05) is 17.0 Å². The van der Waals surface area contributed by atoms with E-state index in [-0.39, 0.29) is 11.1 Å². The van der Waals surface area contributed by atoms with Gasteiger partial charge in [0.2, 0.25) is 0 Å². The summed E-state index contributed by atoms with van der Waals surface area (Å²) in [6.45, 7) is 1.79. The molecule has 0 bridgehead atoms. The Morgan fingerprint density at radius 1 is 1.00 bits per heavy atom. The molecular weight excluding hydrogens is 451 g/mol. The van der Waals surface area contributed by atoms with Gasteiger partial charge in [0.15, 0.2) is 10.9 Å². The van der Waals surface area contributed by atoms with Crippen molar-refractivity contribution in [2.75, 3.05) is 18.0 Å². The van der Waals surface area contributed by atoms with Crippen molar-refractivity contribution in [3.05, 3.63) is 77.2 Å². The lowest BCUT2D eigenvalue weighted by molar-refractivity contribution is -0.141. The molecule has 0 aliphatic carbocycles. The van der Waals surface area contributed by atoms with Crippen molar-refractivity contribution >= 4 is 23.5 Å². The van der Waals surface area contributed by atoms with Crippen LogP contribution in [-0.4, -0.2) is 33.9 Å². The van der Waals surface area contributed by atoms with Gasteiger partial charge in [-0.2, -0.15) is 13.2 Å². The number of nitrogens with zero attached hydrogens (tertiary/aromatic N) is 4. The van der Waals surface area contributed by atoms with Gasteiger partial charge in [0.25, 0.3) is 5.91 Å². The lowest BCUT2D eigenvalue weighted by Crippen LogP contribution is -2.22. The summed E-state index contributed by atoms with van der Waals surface area (Å²) in [7, 11) is 0. The SMILES string of the molecule is O=C(NCc1ccncc1)c1ccc(CSc2nc(N3CCCC3)cc(C(F)(F)F)n2)cc1. The molecule has 1 amide bonds. The van der Waals surface area contributed by atoms with E-state index in [9.17, 15) is 18.0 Å². The highest BCUT2D eigenvalue weighted by molar-refractivity contribution is 7.98. The quantitative estimate of drug-likeness (QED) is 0.396. The third kappa shape index (κ3) is 6.22. The average Bonchev–Trinajstić information content (AvgIpc) is 3.37. The number of carbonyl (C=O) groups excluding carboxylic acids is 1. The minimum atomic E-state index is -4.53. The second kappa shape index (κ2) is 10.2. The summed E-state index contributed by atoms with van der Waals surface area (Å²) in [5.74, 6) is 0.501. The number of amides is 1. The van der Waals surface area contributed by atoms with Crippen LogP contribution in [0, 0.1) is 0 Å². The number of rotatable bonds is 7. The normalized spacial score (nSPS) is 13.8. The molecule has 0 atom stereocenters. The summed E-state index contributed by atoms with van der Waals surface area (Å²) < 4.78 is 40.0. The van der Waals surface area contributed by atoms with E-state index in [2.05, 4.69) is 20.3 Å². The predicted molar refractivity (Wildman–Crippen MR) is 120 cm³/mol. The van der Waals surface area contributed by atoms with Crippen molar-refractivity contribution in [2.45, 2.75) is 36.5 Å². The maximum atomic E-state index is 13.3. The van der Waals surface area contributed by atoms with Crippen molar-refractivity contribution in [3.8, 4) is 0 Å². The van der Waals surface area contributed by atoms with Crippen LogP contribution < -0.4 is 10.2 Å². The van der Waals surface area contributed by atoms with Crippen molar-refractivity contribution in [1.82, 2.24) is 20.3 Å². The van der Waals surface area contributed by atoms with Gasteiger partial charge < -0.3 is 10.2 Å². The van der Waals surface area contributed by atoms with Crippen LogP contribution in [0.4, 0.5) is 19.0 Å². The second-order valence-electron chi connectivity index (χ2n) is 7.61. The van der Waals surface area contributed by atoms with E-state index in [1.165, 1.54) is 0 Å². The highest BCUT2D eigenvalue weighted by Gasteiger charge is 2.34. The van der Waals surface area contributed by atoms with Crippen LogP contribution in [0.15, 0.2) is 60.0 Å². The number of halogens is 3. The third-order valence-electron chi connectivity index (χ3n) is 5.20. The van der Waals surface area contributed by atoms with Gasteiger partial charge >= 0.3 is 6.18 Å². The molecule has 1 aliphatic heterocycles. The fourth-order valence-corrected chi connectivity index (χ4v) is 4.23. The fourth-order valence-electron chi connectivity index (χ4n) is 3.42. The topological polar surface area (TPSA) is 71.0 Å². The second-order valence-corrected chi connectivity index (χ2v) is 8.55.